The normalized spacial score (nSPS) is 17.1. The summed E-state index contributed by atoms with van der Waals surface area (Å²) < 4.78 is 1.14. The van der Waals surface area contributed by atoms with Crippen LogP contribution in [0.15, 0.2) is 40.9 Å². The molecule has 0 bridgehead atoms. The summed E-state index contributed by atoms with van der Waals surface area (Å²) >= 11 is 9.61. The minimum absolute atomic E-state index is 0.468. The molecule has 0 heterocycles. The Morgan fingerprint density at radius 1 is 1.15 bits per heavy atom. The average Bonchev–Trinajstić information content (AvgIpc) is 2.82. The molecule has 1 atom stereocenters. The van der Waals surface area contributed by atoms with Gasteiger partial charge in [-0.15, -0.1) is 0 Å². The van der Waals surface area contributed by atoms with Gasteiger partial charge >= 0.3 is 0 Å². The van der Waals surface area contributed by atoms with Crippen molar-refractivity contribution in [3.8, 4) is 0 Å². The smallest absolute Gasteiger partial charge is 0.0408 e. The van der Waals surface area contributed by atoms with Gasteiger partial charge in [0.2, 0.25) is 0 Å². The summed E-state index contributed by atoms with van der Waals surface area (Å²) in [5.74, 6) is 0. The highest BCUT2D eigenvalue weighted by molar-refractivity contribution is 9.10. The molecule has 0 saturated carbocycles. The molecule has 3 rings (SSSR count). The van der Waals surface area contributed by atoms with E-state index in [4.69, 9.17) is 11.6 Å². The molecule has 2 aromatic rings. The Hall–Kier alpha value is -0.990. The predicted octanol–water partition coefficient (Wildman–Crippen LogP) is 5.24. The van der Waals surface area contributed by atoms with E-state index in [1.807, 2.05) is 6.07 Å². The highest BCUT2D eigenvalue weighted by atomic mass is 79.9. The lowest BCUT2D eigenvalue weighted by molar-refractivity contribution is 0.772. The molecule has 1 unspecified atom stereocenters. The SMILES string of the molecule is CCc1cc(Br)ccc1NC1Cc2ccc(Cl)cc2C1. The Labute approximate surface area is 133 Å². The largest absolute Gasteiger partial charge is 0.381 e. The molecule has 104 valence electrons. The molecule has 0 aromatic heterocycles. The lowest BCUT2D eigenvalue weighted by Gasteiger charge is -2.17. The molecule has 1 nitrogen and oxygen atoms in total. The molecule has 1 N–H and O–H groups in total. The maximum Gasteiger partial charge on any atom is 0.0408 e. The summed E-state index contributed by atoms with van der Waals surface area (Å²) in [6.45, 7) is 2.19. The van der Waals surface area contributed by atoms with Crippen molar-refractivity contribution in [3.05, 3.63) is 62.6 Å². The molecule has 2 aromatic carbocycles. The highest BCUT2D eigenvalue weighted by Crippen LogP contribution is 2.29. The molecule has 0 aliphatic heterocycles. The van der Waals surface area contributed by atoms with E-state index >= 15 is 0 Å². The first kappa shape index (κ1) is 14.0. The summed E-state index contributed by atoms with van der Waals surface area (Å²) in [6, 6.07) is 13.2. The van der Waals surface area contributed by atoms with Gasteiger partial charge in [0.15, 0.2) is 0 Å². The van der Waals surface area contributed by atoms with Crippen LogP contribution in [0.3, 0.4) is 0 Å². The van der Waals surface area contributed by atoms with Crippen LogP contribution in [0.1, 0.15) is 23.6 Å². The lowest BCUT2D eigenvalue weighted by Crippen LogP contribution is -2.20. The summed E-state index contributed by atoms with van der Waals surface area (Å²) in [7, 11) is 0. The van der Waals surface area contributed by atoms with Gasteiger partial charge in [0, 0.05) is 21.2 Å². The van der Waals surface area contributed by atoms with Crippen molar-refractivity contribution in [2.75, 3.05) is 5.32 Å². The molecule has 20 heavy (non-hydrogen) atoms. The fourth-order valence-electron chi connectivity index (χ4n) is 2.90. The number of anilines is 1. The Morgan fingerprint density at radius 2 is 1.95 bits per heavy atom. The summed E-state index contributed by atoms with van der Waals surface area (Å²) in [5, 5.41) is 4.53. The maximum absolute atomic E-state index is 6.07. The Bertz CT molecular complexity index is 639. The van der Waals surface area contributed by atoms with Crippen LogP contribution in [0, 0.1) is 0 Å². The van der Waals surface area contributed by atoms with Gasteiger partial charge in [0.1, 0.15) is 0 Å². The minimum Gasteiger partial charge on any atom is -0.381 e. The van der Waals surface area contributed by atoms with Gasteiger partial charge in [-0.05, 0) is 66.3 Å². The zero-order valence-electron chi connectivity index (χ0n) is 11.4. The van der Waals surface area contributed by atoms with Crippen LogP contribution in [-0.4, -0.2) is 6.04 Å². The third-order valence-corrected chi connectivity index (χ3v) is 4.64. The molecule has 3 heteroatoms. The topological polar surface area (TPSA) is 12.0 Å². The van der Waals surface area contributed by atoms with Crippen LogP contribution in [0.2, 0.25) is 5.02 Å². The first-order chi connectivity index (χ1) is 9.65. The predicted molar refractivity (Wildman–Crippen MR) is 89.8 cm³/mol. The van der Waals surface area contributed by atoms with Gasteiger partial charge in [0.25, 0.3) is 0 Å². The van der Waals surface area contributed by atoms with Crippen molar-refractivity contribution in [3.63, 3.8) is 0 Å². The average molecular weight is 351 g/mol. The second-order valence-electron chi connectivity index (χ2n) is 5.32. The maximum atomic E-state index is 6.07. The zero-order valence-corrected chi connectivity index (χ0v) is 13.8. The van der Waals surface area contributed by atoms with Gasteiger partial charge in [-0.2, -0.15) is 0 Å². The number of hydrogen-bond acceptors (Lipinski definition) is 1. The van der Waals surface area contributed by atoms with E-state index in [1.54, 1.807) is 0 Å². The van der Waals surface area contributed by atoms with Crippen LogP contribution in [-0.2, 0) is 19.3 Å². The van der Waals surface area contributed by atoms with Crippen molar-refractivity contribution in [2.24, 2.45) is 0 Å². The van der Waals surface area contributed by atoms with Gasteiger partial charge in [0.05, 0.1) is 0 Å². The van der Waals surface area contributed by atoms with Crippen LogP contribution in [0.4, 0.5) is 5.69 Å². The standard InChI is InChI=1S/C17H17BrClN/c1-2-11-7-14(18)4-6-17(11)20-16-9-12-3-5-15(19)8-13(12)10-16/h3-8,16,20H,2,9-10H2,1H3. The number of fused-ring (bicyclic) bond motifs is 1. The molecule has 0 amide bonds. The number of rotatable bonds is 3. The second-order valence-corrected chi connectivity index (χ2v) is 6.67. The van der Waals surface area contributed by atoms with Crippen molar-refractivity contribution >= 4 is 33.2 Å². The van der Waals surface area contributed by atoms with Crippen LogP contribution < -0.4 is 5.32 Å². The van der Waals surface area contributed by atoms with E-state index in [1.165, 1.54) is 22.4 Å². The molecular formula is C17H17BrClN. The van der Waals surface area contributed by atoms with Crippen molar-refractivity contribution in [2.45, 2.75) is 32.2 Å². The first-order valence-corrected chi connectivity index (χ1v) is 8.15. The van der Waals surface area contributed by atoms with Gasteiger partial charge in [-0.25, -0.2) is 0 Å². The van der Waals surface area contributed by atoms with Gasteiger partial charge in [-0.3, -0.25) is 0 Å². The monoisotopic (exact) mass is 349 g/mol. The minimum atomic E-state index is 0.468. The number of halogens is 2. The Kier molecular flexibility index (Phi) is 4.04. The Balaban J connectivity index is 1.78. The van der Waals surface area contributed by atoms with Crippen LogP contribution >= 0.6 is 27.5 Å². The summed E-state index contributed by atoms with van der Waals surface area (Å²) in [6.07, 6.45) is 3.16. The molecule has 0 radical (unpaired) electrons. The number of hydrogen-bond donors (Lipinski definition) is 1. The van der Waals surface area contributed by atoms with Crippen molar-refractivity contribution < 1.29 is 0 Å². The molecule has 1 aliphatic rings. The summed E-state index contributed by atoms with van der Waals surface area (Å²) in [4.78, 5) is 0. The van der Waals surface area contributed by atoms with E-state index in [-0.39, 0.29) is 0 Å². The molecule has 0 saturated heterocycles. The van der Waals surface area contributed by atoms with E-state index in [2.05, 4.69) is 58.5 Å². The first-order valence-electron chi connectivity index (χ1n) is 6.98. The second kappa shape index (κ2) is 5.79. The zero-order chi connectivity index (χ0) is 14.1. The third-order valence-electron chi connectivity index (χ3n) is 3.91. The van der Waals surface area contributed by atoms with E-state index in [0.29, 0.717) is 6.04 Å². The number of nitrogens with one attached hydrogen (secondary N) is 1. The van der Waals surface area contributed by atoms with Crippen LogP contribution in [0.5, 0.6) is 0 Å². The molecule has 0 spiro atoms. The summed E-state index contributed by atoms with van der Waals surface area (Å²) in [5.41, 5.74) is 5.40. The highest BCUT2D eigenvalue weighted by Gasteiger charge is 2.21. The van der Waals surface area contributed by atoms with Crippen LogP contribution in [0.25, 0.3) is 0 Å². The molecule has 1 aliphatic carbocycles. The van der Waals surface area contributed by atoms with E-state index < -0.39 is 0 Å². The lowest BCUT2D eigenvalue weighted by atomic mass is 10.1. The molecule has 0 fully saturated rings. The number of aryl methyl sites for hydroxylation is 1. The van der Waals surface area contributed by atoms with Gasteiger partial charge < -0.3 is 5.32 Å². The van der Waals surface area contributed by atoms with Crippen molar-refractivity contribution in [1.29, 1.82) is 0 Å². The van der Waals surface area contributed by atoms with Crippen molar-refractivity contribution in [1.82, 2.24) is 0 Å². The quantitative estimate of drug-likeness (QED) is 0.797. The van der Waals surface area contributed by atoms with E-state index in [9.17, 15) is 0 Å². The van der Waals surface area contributed by atoms with E-state index in [0.717, 1.165) is 28.8 Å². The fourth-order valence-corrected chi connectivity index (χ4v) is 3.51. The molecular weight excluding hydrogens is 334 g/mol. The third kappa shape index (κ3) is 2.87. The fraction of sp³-hybridized carbons (Fsp3) is 0.294. The Morgan fingerprint density at radius 3 is 2.75 bits per heavy atom. The number of benzene rings is 2. The van der Waals surface area contributed by atoms with Gasteiger partial charge in [-0.1, -0.05) is 40.5 Å².